The number of nitrogens with one attached hydrogen (secondary N) is 1. The molecule has 0 fully saturated rings. The van der Waals surface area contributed by atoms with Gasteiger partial charge in [0.2, 0.25) is 0 Å². The molecule has 1 N–H and O–H groups in total. The molecule has 5 heteroatoms. The van der Waals surface area contributed by atoms with Crippen molar-refractivity contribution in [3.8, 4) is 5.75 Å². The van der Waals surface area contributed by atoms with Gasteiger partial charge in [0.05, 0.1) is 12.8 Å². The van der Waals surface area contributed by atoms with Gasteiger partial charge in [-0.3, -0.25) is 0 Å². The van der Waals surface area contributed by atoms with Crippen LogP contribution in [0.15, 0.2) is 30.3 Å². The first kappa shape index (κ1) is 14.2. The maximum atomic E-state index is 13.5. The Hall–Kier alpha value is -2.17. The number of ether oxygens (including phenoxy) is 1. The molecule has 0 bridgehead atoms. The zero-order valence-corrected chi connectivity index (χ0v) is 11.1. The van der Waals surface area contributed by atoms with Crippen LogP contribution in [0.4, 0.5) is 18.9 Å². The van der Waals surface area contributed by atoms with E-state index in [0.29, 0.717) is 17.5 Å². The van der Waals surface area contributed by atoms with E-state index in [1.807, 2.05) is 19.1 Å². The summed E-state index contributed by atoms with van der Waals surface area (Å²) < 4.78 is 44.6. The van der Waals surface area contributed by atoms with Gasteiger partial charge in [-0.1, -0.05) is 6.07 Å². The average Bonchev–Trinajstić information content (AvgIpc) is 2.41. The van der Waals surface area contributed by atoms with E-state index in [1.165, 1.54) is 7.11 Å². The third kappa shape index (κ3) is 3.04. The Morgan fingerprint density at radius 2 is 1.70 bits per heavy atom. The van der Waals surface area contributed by atoms with Crippen LogP contribution in [0.5, 0.6) is 5.75 Å². The molecule has 0 unspecified atom stereocenters. The summed E-state index contributed by atoms with van der Waals surface area (Å²) in [4.78, 5) is 0. The van der Waals surface area contributed by atoms with E-state index in [2.05, 4.69) is 5.32 Å². The Kier molecular flexibility index (Phi) is 4.17. The predicted octanol–water partition coefficient (Wildman–Crippen LogP) is 4.03. The zero-order chi connectivity index (χ0) is 14.7. The number of rotatable bonds is 4. The quantitative estimate of drug-likeness (QED) is 0.854. The standard InChI is InChI=1S/C15H14F3NO/c1-9-3-4-15(20-2)14(5-9)19-8-10-6-12(17)13(18)7-11(10)16/h3-7,19H,8H2,1-2H3. The predicted molar refractivity (Wildman–Crippen MR) is 71.4 cm³/mol. The third-order valence-corrected chi connectivity index (χ3v) is 2.91. The molecule has 0 aliphatic rings. The number of benzene rings is 2. The van der Waals surface area contributed by atoms with Crippen molar-refractivity contribution < 1.29 is 17.9 Å². The molecule has 0 saturated carbocycles. The highest BCUT2D eigenvalue weighted by atomic mass is 19.2. The van der Waals surface area contributed by atoms with Crippen molar-refractivity contribution in [2.75, 3.05) is 12.4 Å². The Morgan fingerprint density at radius 3 is 2.40 bits per heavy atom. The number of hydrogen-bond donors (Lipinski definition) is 1. The molecule has 2 nitrogen and oxygen atoms in total. The van der Waals surface area contributed by atoms with Gasteiger partial charge in [-0.15, -0.1) is 0 Å². The molecule has 0 radical (unpaired) electrons. The Balaban J connectivity index is 2.21. The van der Waals surface area contributed by atoms with Crippen molar-refractivity contribution >= 4 is 5.69 Å². The minimum atomic E-state index is -1.20. The first-order valence-electron chi connectivity index (χ1n) is 6.03. The lowest BCUT2D eigenvalue weighted by Gasteiger charge is -2.12. The van der Waals surface area contributed by atoms with E-state index in [4.69, 9.17) is 4.74 Å². The van der Waals surface area contributed by atoms with Crippen LogP contribution in [0.25, 0.3) is 0 Å². The molecule has 0 spiro atoms. The molecule has 0 aliphatic carbocycles. The second-order valence-electron chi connectivity index (χ2n) is 4.42. The molecule has 0 atom stereocenters. The van der Waals surface area contributed by atoms with Gasteiger partial charge >= 0.3 is 0 Å². The van der Waals surface area contributed by atoms with E-state index >= 15 is 0 Å². The normalized spacial score (nSPS) is 10.4. The van der Waals surface area contributed by atoms with Crippen LogP contribution in [0.2, 0.25) is 0 Å². The van der Waals surface area contributed by atoms with E-state index in [0.717, 1.165) is 11.6 Å². The molecule has 0 aromatic heterocycles. The molecule has 0 heterocycles. The summed E-state index contributed by atoms with van der Waals surface area (Å²) in [7, 11) is 1.52. The van der Waals surface area contributed by atoms with Crippen LogP contribution < -0.4 is 10.1 Å². The number of anilines is 1. The fourth-order valence-corrected chi connectivity index (χ4v) is 1.85. The molecular formula is C15H14F3NO. The number of aryl methyl sites for hydroxylation is 1. The summed E-state index contributed by atoms with van der Waals surface area (Å²) >= 11 is 0. The van der Waals surface area contributed by atoms with Crippen LogP contribution in [-0.2, 0) is 6.54 Å². The minimum absolute atomic E-state index is 0.0306. The summed E-state index contributed by atoms with van der Waals surface area (Å²) in [6, 6.07) is 6.87. The average molecular weight is 281 g/mol. The molecule has 0 saturated heterocycles. The molecular weight excluding hydrogens is 267 g/mol. The lowest BCUT2D eigenvalue weighted by molar-refractivity contribution is 0.416. The fourth-order valence-electron chi connectivity index (χ4n) is 1.85. The summed E-state index contributed by atoms with van der Waals surface area (Å²) in [5.74, 6) is -2.46. The van der Waals surface area contributed by atoms with Crippen LogP contribution >= 0.6 is 0 Å². The second kappa shape index (κ2) is 5.86. The smallest absolute Gasteiger partial charge is 0.161 e. The van der Waals surface area contributed by atoms with Crippen molar-refractivity contribution in [2.24, 2.45) is 0 Å². The second-order valence-corrected chi connectivity index (χ2v) is 4.42. The van der Waals surface area contributed by atoms with Gasteiger partial charge in [0.1, 0.15) is 11.6 Å². The van der Waals surface area contributed by atoms with E-state index in [9.17, 15) is 13.2 Å². The summed E-state index contributed by atoms with van der Waals surface area (Å²) in [6.45, 7) is 1.94. The number of hydrogen-bond acceptors (Lipinski definition) is 2. The van der Waals surface area contributed by atoms with Crippen molar-refractivity contribution in [1.82, 2.24) is 0 Å². The number of halogens is 3. The topological polar surface area (TPSA) is 21.3 Å². The van der Waals surface area contributed by atoms with Gasteiger partial charge in [-0.25, -0.2) is 13.2 Å². The van der Waals surface area contributed by atoms with Crippen LogP contribution in [0, 0.1) is 24.4 Å². The SMILES string of the molecule is COc1ccc(C)cc1NCc1cc(F)c(F)cc1F. The Bertz CT molecular complexity index is 629. The monoisotopic (exact) mass is 281 g/mol. The summed E-state index contributed by atoms with van der Waals surface area (Å²) in [5.41, 5.74) is 1.71. The highest BCUT2D eigenvalue weighted by molar-refractivity contribution is 5.58. The third-order valence-electron chi connectivity index (χ3n) is 2.91. The molecule has 106 valence electrons. The summed E-state index contributed by atoms with van der Waals surface area (Å²) in [5, 5.41) is 2.95. The van der Waals surface area contributed by atoms with Gasteiger partial charge < -0.3 is 10.1 Å². The summed E-state index contributed by atoms with van der Waals surface area (Å²) in [6.07, 6.45) is 0. The Morgan fingerprint density at radius 1 is 1.00 bits per heavy atom. The lowest BCUT2D eigenvalue weighted by Crippen LogP contribution is -2.05. The van der Waals surface area contributed by atoms with Crippen LogP contribution in [-0.4, -0.2) is 7.11 Å². The van der Waals surface area contributed by atoms with Crippen molar-refractivity contribution in [2.45, 2.75) is 13.5 Å². The lowest BCUT2D eigenvalue weighted by atomic mass is 10.1. The fraction of sp³-hybridized carbons (Fsp3) is 0.200. The van der Waals surface area contributed by atoms with Gasteiger partial charge in [0.25, 0.3) is 0 Å². The maximum absolute atomic E-state index is 13.5. The van der Waals surface area contributed by atoms with Gasteiger partial charge in [-0.05, 0) is 30.7 Å². The zero-order valence-electron chi connectivity index (χ0n) is 11.1. The van der Waals surface area contributed by atoms with Crippen molar-refractivity contribution in [1.29, 1.82) is 0 Å². The Labute approximate surface area is 115 Å². The number of methoxy groups -OCH3 is 1. The van der Waals surface area contributed by atoms with Crippen molar-refractivity contribution in [3.05, 3.63) is 58.9 Å². The largest absolute Gasteiger partial charge is 0.495 e. The van der Waals surface area contributed by atoms with E-state index in [1.54, 1.807) is 6.07 Å². The van der Waals surface area contributed by atoms with Crippen molar-refractivity contribution in [3.63, 3.8) is 0 Å². The van der Waals surface area contributed by atoms with Gasteiger partial charge in [-0.2, -0.15) is 0 Å². The molecule has 2 rings (SSSR count). The molecule has 2 aromatic carbocycles. The van der Waals surface area contributed by atoms with Gasteiger partial charge in [0, 0.05) is 18.2 Å². The molecule has 20 heavy (non-hydrogen) atoms. The van der Waals surface area contributed by atoms with E-state index < -0.39 is 17.5 Å². The maximum Gasteiger partial charge on any atom is 0.161 e. The van der Waals surface area contributed by atoms with Crippen LogP contribution in [0.1, 0.15) is 11.1 Å². The van der Waals surface area contributed by atoms with E-state index in [-0.39, 0.29) is 12.1 Å². The van der Waals surface area contributed by atoms with Gasteiger partial charge in [0.15, 0.2) is 11.6 Å². The first-order valence-corrected chi connectivity index (χ1v) is 6.03. The molecule has 2 aromatic rings. The highest BCUT2D eigenvalue weighted by Crippen LogP contribution is 2.26. The molecule has 0 aliphatic heterocycles. The first-order chi connectivity index (χ1) is 9.51. The molecule has 0 amide bonds. The highest BCUT2D eigenvalue weighted by Gasteiger charge is 2.10. The minimum Gasteiger partial charge on any atom is -0.495 e. The van der Waals surface area contributed by atoms with Crippen LogP contribution in [0.3, 0.4) is 0 Å².